The Balaban J connectivity index is 4.36. The second-order valence-electron chi connectivity index (χ2n) is 3.05. The maximum absolute atomic E-state index is 12.5. The van der Waals surface area contributed by atoms with E-state index in [2.05, 4.69) is 20.8 Å². The van der Waals surface area contributed by atoms with E-state index in [1.807, 2.05) is 6.08 Å². The highest BCUT2D eigenvalue weighted by Gasteiger charge is 1.95. The smallest absolute Gasteiger partial charge is 0.116 e. The first-order valence-corrected chi connectivity index (χ1v) is 4.62. The van der Waals surface area contributed by atoms with Crippen LogP contribution in [0, 0.1) is 0 Å². The maximum Gasteiger partial charge on any atom is 0.116 e. The second-order valence-corrected chi connectivity index (χ2v) is 3.05. The molecule has 0 saturated heterocycles. The first kappa shape index (κ1) is 11.4. The normalized spacial score (nSPS) is 16.4. The van der Waals surface area contributed by atoms with Gasteiger partial charge in [0.1, 0.15) is 6.17 Å². The van der Waals surface area contributed by atoms with Gasteiger partial charge in [0.05, 0.1) is 0 Å². The van der Waals surface area contributed by atoms with Gasteiger partial charge in [-0.15, -0.1) is 0 Å². The van der Waals surface area contributed by atoms with Crippen molar-refractivity contribution in [3.8, 4) is 0 Å². The third kappa shape index (κ3) is 4.32. The lowest BCUT2D eigenvalue weighted by molar-refractivity contribution is 0.430. The number of halogens is 1. The molecule has 0 saturated carbocycles. The lowest BCUT2D eigenvalue weighted by Crippen LogP contribution is -1.87. The highest BCUT2D eigenvalue weighted by molar-refractivity contribution is 5.24. The number of hydrogen-bond acceptors (Lipinski definition) is 0. The summed E-state index contributed by atoms with van der Waals surface area (Å²) in [6, 6.07) is 0. The van der Waals surface area contributed by atoms with Gasteiger partial charge in [-0.05, 0) is 32.3 Å². The molecule has 1 unspecified atom stereocenters. The summed E-state index contributed by atoms with van der Waals surface area (Å²) in [4.78, 5) is 0. The van der Waals surface area contributed by atoms with Crippen LogP contribution >= 0.6 is 0 Å². The van der Waals surface area contributed by atoms with Gasteiger partial charge in [-0.3, -0.25) is 0 Å². The largest absolute Gasteiger partial charge is 0.243 e. The zero-order chi connectivity index (χ0) is 9.56. The van der Waals surface area contributed by atoms with Gasteiger partial charge in [0.25, 0.3) is 0 Å². The summed E-state index contributed by atoms with van der Waals surface area (Å²) in [5.74, 6) is 0. The molecule has 0 aromatic heterocycles. The summed E-state index contributed by atoms with van der Waals surface area (Å²) >= 11 is 0. The van der Waals surface area contributed by atoms with Crippen molar-refractivity contribution in [2.24, 2.45) is 0 Å². The Kier molecular flexibility index (Phi) is 5.69. The van der Waals surface area contributed by atoms with E-state index in [1.165, 1.54) is 11.1 Å². The molecule has 0 nitrogen and oxygen atoms in total. The molecule has 0 amide bonds. The molecule has 0 bridgehead atoms. The molecule has 0 rings (SSSR count). The number of allylic oxidation sites excluding steroid dienone is 4. The Morgan fingerprint density at radius 2 is 1.92 bits per heavy atom. The summed E-state index contributed by atoms with van der Waals surface area (Å²) in [6.07, 6.45) is 4.72. The minimum Gasteiger partial charge on any atom is -0.243 e. The molecule has 0 aliphatic heterocycles. The van der Waals surface area contributed by atoms with Gasteiger partial charge in [-0.2, -0.15) is 0 Å². The molecule has 0 aliphatic carbocycles. The van der Waals surface area contributed by atoms with Crippen molar-refractivity contribution in [1.82, 2.24) is 0 Å². The molecule has 0 heterocycles. The number of alkyl halides is 1. The van der Waals surface area contributed by atoms with Crippen molar-refractivity contribution in [3.05, 3.63) is 23.3 Å². The molecule has 70 valence electrons. The van der Waals surface area contributed by atoms with E-state index in [4.69, 9.17) is 0 Å². The molecule has 0 N–H and O–H groups in total. The van der Waals surface area contributed by atoms with E-state index in [9.17, 15) is 4.39 Å². The molecule has 0 aromatic carbocycles. The van der Waals surface area contributed by atoms with Crippen molar-refractivity contribution >= 4 is 0 Å². The molecule has 0 radical (unpaired) electrons. The van der Waals surface area contributed by atoms with E-state index in [1.54, 1.807) is 13.0 Å². The fourth-order valence-electron chi connectivity index (χ4n) is 1.04. The minimum absolute atomic E-state index is 0.837. The van der Waals surface area contributed by atoms with Crippen molar-refractivity contribution < 1.29 is 4.39 Å². The summed E-state index contributed by atoms with van der Waals surface area (Å²) in [7, 11) is 0. The fraction of sp³-hybridized carbons (Fsp3) is 0.636. The Hall–Kier alpha value is -0.590. The third-order valence-corrected chi connectivity index (χ3v) is 2.02. The highest BCUT2D eigenvalue weighted by atomic mass is 19.1. The van der Waals surface area contributed by atoms with Crippen molar-refractivity contribution in [2.45, 2.75) is 46.7 Å². The van der Waals surface area contributed by atoms with Crippen LogP contribution in [0.5, 0.6) is 0 Å². The predicted octanol–water partition coefficient (Wildman–Crippen LogP) is 4.04. The van der Waals surface area contributed by atoms with Crippen LogP contribution in [-0.4, -0.2) is 6.17 Å². The quantitative estimate of drug-likeness (QED) is 0.559. The van der Waals surface area contributed by atoms with Crippen LogP contribution in [0.25, 0.3) is 0 Å². The summed E-state index contributed by atoms with van der Waals surface area (Å²) in [5, 5.41) is 0. The lowest BCUT2D eigenvalue weighted by atomic mass is 10.0. The SMILES string of the molecule is CC/C(C)=C(/C=C\C(C)F)CC. The van der Waals surface area contributed by atoms with Crippen molar-refractivity contribution in [1.29, 1.82) is 0 Å². The fourth-order valence-corrected chi connectivity index (χ4v) is 1.04. The number of rotatable bonds is 4. The average Bonchev–Trinajstić information content (AvgIpc) is 2.04. The molecule has 0 aliphatic rings. The molecule has 0 aromatic rings. The lowest BCUT2D eigenvalue weighted by Gasteiger charge is -2.03. The van der Waals surface area contributed by atoms with Gasteiger partial charge in [-0.25, -0.2) is 4.39 Å². The highest BCUT2D eigenvalue weighted by Crippen LogP contribution is 2.13. The van der Waals surface area contributed by atoms with Crippen molar-refractivity contribution in [2.75, 3.05) is 0 Å². The maximum atomic E-state index is 12.5. The molecule has 1 atom stereocenters. The zero-order valence-corrected chi connectivity index (χ0v) is 8.52. The van der Waals surface area contributed by atoms with Gasteiger partial charge in [-0.1, -0.05) is 31.6 Å². The van der Waals surface area contributed by atoms with Crippen LogP contribution in [0.2, 0.25) is 0 Å². The Morgan fingerprint density at radius 3 is 2.25 bits per heavy atom. The predicted molar refractivity (Wildman–Crippen MR) is 53.0 cm³/mol. The molecular formula is C11H19F. The summed E-state index contributed by atoms with van der Waals surface area (Å²) in [6.45, 7) is 7.87. The molecule has 0 fully saturated rings. The number of hydrogen-bond donors (Lipinski definition) is 0. The van der Waals surface area contributed by atoms with Gasteiger partial charge in [0.2, 0.25) is 0 Å². The van der Waals surface area contributed by atoms with E-state index in [0.29, 0.717) is 0 Å². The zero-order valence-electron chi connectivity index (χ0n) is 8.52. The van der Waals surface area contributed by atoms with E-state index in [0.717, 1.165) is 12.8 Å². The average molecular weight is 170 g/mol. The van der Waals surface area contributed by atoms with Crippen molar-refractivity contribution in [3.63, 3.8) is 0 Å². The van der Waals surface area contributed by atoms with Gasteiger partial charge in [0, 0.05) is 0 Å². The topological polar surface area (TPSA) is 0 Å². The standard InChI is InChI=1S/C11H19F/c1-5-9(3)11(6-2)8-7-10(4)12/h7-8,10H,5-6H2,1-4H3/b8-7-,11-9+. The second kappa shape index (κ2) is 5.99. The third-order valence-electron chi connectivity index (χ3n) is 2.02. The summed E-state index contributed by atoms with van der Waals surface area (Å²) < 4.78 is 12.5. The van der Waals surface area contributed by atoms with Crippen LogP contribution in [0.15, 0.2) is 23.3 Å². The van der Waals surface area contributed by atoms with Gasteiger partial charge >= 0.3 is 0 Å². The Labute approximate surface area is 75.2 Å². The monoisotopic (exact) mass is 170 g/mol. The molecular weight excluding hydrogens is 151 g/mol. The Bertz CT molecular complexity index is 175. The molecule has 1 heteroatoms. The first-order valence-electron chi connectivity index (χ1n) is 4.62. The summed E-state index contributed by atoms with van der Waals surface area (Å²) in [5.41, 5.74) is 2.62. The van der Waals surface area contributed by atoms with E-state index < -0.39 is 6.17 Å². The van der Waals surface area contributed by atoms with E-state index >= 15 is 0 Å². The molecule has 12 heavy (non-hydrogen) atoms. The van der Waals surface area contributed by atoms with E-state index in [-0.39, 0.29) is 0 Å². The van der Waals surface area contributed by atoms with Crippen LogP contribution in [0.4, 0.5) is 4.39 Å². The van der Waals surface area contributed by atoms with Gasteiger partial charge in [0.15, 0.2) is 0 Å². The van der Waals surface area contributed by atoms with Crippen LogP contribution in [0.3, 0.4) is 0 Å². The minimum atomic E-state index is -0.837. The van der Waals surface area contributed by atoms with Crippen LogP contribution in [-0.2, 0) is 0 Å². The Morgan fingerprint density at radius 1 is 1.33 bits per heavy atom. The van der Waals surface area contributed by atoms with Gasteiger partial charge < -0.3 is 0 Å². The van der Waals surface area contributed by atoms with Crippen LogP contribution in [0.1, 0.15) is 40.5 Å². The molecule has 0 spiro atoms. The van der Waals surface area contributed by atoms with Crippen LogP contribution < -0.4 is 0 Å². The first-order chi connectivity index (χ1) is 5.61.